The zero-order valence-corrected chi connectivity index (χ0v) is 15.2. The SMILES string of the molecule is CC(C)(C)CN(Cc1ccccc1)C12CC3CC(CC(C3)C1)C2. The van der Waals surface area contributed by atoms with Gasteiger partial charge >= 0.3 is 0 Å². The molecule has 0 aliphatic heterocycles. The predicted molar refractivity (Wildman–Crippen MR) is 97.2 cm³/mol. The highest BCUT2D eigenvalue weighted by Gasteiger charge is 2.53. The Hall–Kier alpha value is -0.820. The smallest absolute Gasteiger partial charge is 0.0239 e. The van der Waals surface area contributed by atoms with Crippen LogP contribution in [0.1, 0.15) is 64.9 Å². The van der Waals surface area contributed by atoms with Gasteiger partial charge in [-0.1, -0.05) is 51.1 Å². The molecule has 0 amide bonds. The van der Waals surface area contributed by atoms with Crippen molar-refractivity contribution in [3.63, 3.8) is 0 Å². The van der Waals surface area contributed by atoms with Crippen molar-refractivity contribution >= 4 is 0 Å². The topological polar surface area (TPSA) is 3.24 Å². The van der Waals surface area contributed by atoms with Gasteiger partial charge in [0.15, 0.2) is 0 Å². The fourth-order valence-electron chi connectivity index (χ4n) is 6.22. The van der Waals surface area contributed by atoms with E-state index >= 15 is 0 Å². The van der Waals surface area contributed by atoms with E-state index in [4.69, 9.17) is 0 Å². The van der Waals surface area contributed by atoms with Gasteiger partial charge in [0.25, 0.3) is 0 Å². The van der Waals surface area contributed by atoms with E-state index in [2.05, 4.69) is 56.0 Å². The van der Waals surface area contributed by atoms with Crippen molar-refractivity contribution in [1.29, 1.82) is 0 Å². The lowest BCUT2D eigenvalue weighted by molar-refractivity contribution is -0.101. The first-order valence-corrected chi connectivity index (χ1v) is 9.71. The maximum Gasteiger partial charge on any atom is 0.0239 e. The Labute approximate surface area is 142 Å². The summed E-state index contributed by atoms with van der Waals surface area (Å²) < 4.78 is 0. The van der Waals surface area contributed by atoms with Crippen molar-refractivity contribution < 1.29 is 0 Å². The molecule has 4 bridgehead atoms. The lowest BCUT2D eigenvalue weighted by Gasteiger charge is -2.61. The molecule has 126 valence electrons. The van der Waals surface area contributed by atoms with Crippen LogP contribution >= 0.6 is 0 Å². The van der Waals surface area contributed by atoms with E-state index in [0.717, 1.165) is 24.3 Å². The number of hydrogen-bond donors (Lipinski definition) is 0. The van der Waals surface area contributed by atoms with Crippen LogP contribution in [0, 0.1) is 23.2 Å². The van der Waals surface area contributed by atoms with E-state index in [1.54, 1.807) is 0 Å². The van der Waals surface area contributed by atoms with Gasteiger partial charge in [0.1, 0.15) is 0 Å². The van der Waals surface area contributed by atoms with Crippen molar-refractivity contribution in [2.75, 3.05) is 6.54 Å². The highest BCUT2D eigenvalue weighted by Crippen LogP contribution is 2.58. The molecule has 1 aromatic carbocycles. The second-order valence-electron chi connectivity index (χ2n) is 10.0. The van der Waals surface area contributed by atoms with E-state index in [-0.39, 0.29) is 0 Å². The quantitative estimate of drug-likeness (QED) is 0.709. The molecule has 4 fully saturated rings. The van der Waals surface area contributed by atoms with Crippen molar-refractivity contribution in [1.82, 2.24) is 4.90 Å². The average molecular weight is 312 g/mol. The van der Waals surface area contributed by atoms with Crippen LogP contribution in [0.25, 0.3) is 0 Å². The highest BCUT2D eigenvalue weighted by atomic mass is 15.2. The monoisotopic (exact) mass is 311 g/mol. The molecule has 0 N–H and O–H groups in total. The van der Waals surface area contributed by atoms with Gasteiger partial charge in [-0.2, -0.15) is 0 Å². The molecule has 0 spiro atoms. The highest BCUT2D eigenvalue weighted by molar-refractivity contribution is 5.16. The van der Waals surface area contributed by atoms with Gasteiger partial charge in [-0.25, -0.2) is 0 Å². The summed E-state index contributed by atoms with van der Waals surface area (Å²) in [7, 11) is 0. The number of hydrogen-bond acceptors (Lipinski definition) is 1. The normalized spacial score (nSPS) is 35.9. The van der Waals surface area contributed by atoms with Gasteiger partial charge in [-0.15, -0.1) is 0 Å². The Morgan fingerprint density at radius 2 is 1.43 bits per heavy atom. The molecule has 4 aliphatic carbocycles. The van der Waals surface area contributed by atoms with E-state index in [9.17, 15) is 0 Å². The first-order chi connectivity index (χ1) is 10.9. The van der Waals surface area contributed by atoms with Crippen LogP contribution in [0.15, 0.2) is 30.3 Å². The summed E-state index contributed by atoms with van der Waals surface area (Å²) in [5.41, 5.74) is 2.38. The van der Waals surface area contributed by atoms with Crippen LogP contribution in [0.5, 0.6) is 0 Å². The molecule has 5 rings (SSSR count). The molecule has 0 atom stereocenters. The number of benzene rings is 1. The fourth-order valence-corrected chi connectivity index (χ4v) is 6.22. The van der Waals surface area contributed by atoms with Crippen LogP contribution in [-0.2, 0) is 6.54 Å². The molecular formula is C22H33N. The Morgan fingerprint density at radius 1 is 0.913 bits per heavy atom. The maximum absolute atomic E-state index is 2.91. The third-order valence-corrected chi connectivity index (χ3v) is 6.56. The van der Waals surface area contributed by atoms with E-state index in [1.807, 2.05) is 0 Å². The zero-order valence-electron chi connectivity index (χ0n) is 15.2. The molecule has 0 unspecified atom stereocenters. The second-order valence-corrected chi connectivity index (χ2v) is 10.0. The number of rotatable bonds is 4. The molecule has 4 saturated carbocycles. The van der Waals surface area contributed by atoms with Crippen molar-refractivity contribution in [2.45, 2.75) is 71.4 Å². The summed E-state index contributed by atoms with van der Waals surface area (Å²) in [6.45, 7) is 9.60. The molecule has 1 nitrogen and oxygen atoms in total. The summed E-state index contributed by atoms with van der Waals surface area (Å²) in [4.78, 5) is 2.91. The van der Waals surface area contributed by atoms with Crippen molar-refractivity contribution in [3.8, 4) is 0 Å². The van der Waals surface area contributed by atoms with E-state index in [1.165, 1.54) is 50.6 Å². The zero-order chi connectivity index (χ0) is 16.1. The molecule has 0 saturated heterocycles. The molecular weight excluding hydrogens is 278 g/mol. The second kappa shape index (κ2) is 5.62. The third-order valence-electron chi connectivity index (χ3n) is 6.56. The van der Waals surface area contributed by atoms with Gasteiger partial charge in [0.05, 0.1) is 0 Å². The van der Waals surface area contributed by atoms with Gasteiger partial charge < -0.3 is 0 Å². The summed E-state index contributed by atoms with van der Waals surface area (Å²) >= 11 is 0. The van der Waals surface area contributed by atoms with Gasteiger partial charge in [0, 0.05) is 18.6 Å². The molecule has 0 aromatic heterocycles. The Kier molecular flexibility index (Phi) is 3.83. The van der Waals surface area contributed by atoms with Gasteiger partial charge in [0.2, 0.25) is 0 Å². The lowest BCUT2D eigenvalue weighted by atomic mass is 9.52. The van der Waals surface area contributed by atoms with Crippen LogP contribution < -0.4 is 0 Å². The largest absolute Gasteiger partial charge is 0.293 e. The fraction of sp³-hybridized carbons (Fsp3) is 0.727. The molecule has 1 heteroatoms. The first kappa shape index (κ1) is 15.7. The third kappa shape index (κ3) is 3.22. The minimum atomic E-state index is 0.373. The maximum atomic E-state index is 2.91. The molecule has 23 heavy (non-hydrogen) atoms. The minimum Gasteiger partial charge on any atom is -0.293 e. The summed E-state index contributed by atoms with van der Waals surface area (Å²) in [6, 6.07) is 11.2. The molecule has 4 aliphatic rings. The van der Waals surface area contributed by atoms with Crippen LogP contribution in [0.2, 0.25) is 0 Å². The van der Waals surface area contributed by atoms with Crippen LogP contribution in [-0.4, -0.2) is 17.0 Å². The lowest BCUT2D eigenvalue weighted by Crippen LogP contribution is -2.60. The first-order valence-electron chi connectivity index (χ1n) is 9.71. The predicted octanol–water partition coefficient (Wildman–Crippen LogP) is 5.50. The van der Waals surface area contributed by atoms with Crippen molar-refractivity contribution in [3.05, 3.63) is 35.9 Å². The Balaban J connectivity index is 1.62. The summed E-state index contributed by atoms with van der Waals surface area (Å²) in [6.07, 6.45) is 9.03. The summed E-state index contributed by atoms with van der Waals surface area (Å²) in [5, 5.41) is 0. The van der Waals surface area contributed by atoms with Gasteiger partial charge in [-0.05, 0) is 67.3 Å². The number of nitrogens with zero attached hydrogens (tertiary/aromatic N) is 1. The van der Waals surface area contributed by atoms with Gasteiger partial charge in [-0.3, -0.25) is 4.90 Å². The summed E-state index contributed by atoms with van der Waals surface area (Å²) in [5.74, 6) is 3.08. The van der Waals surface area contributed by atoms with E-state index < -0.39 is 0 Å². The average Bonchev–Trinajstić information content (AvgIpc) is 2.45. The van der Waals surface area contributed by atoms with E-state index in [0.29, 0.717) is 11.0 Å². The molecule has 0 radical (unpaired) electrons. The van der Waals surface area contributed by atoms with Crippen LogP contribution in [0.4, 0.5) is 0 Å². The molecule has 1 aromatic rings. The standard InChI is InChI=1S/C22H33N/c1-21(2,3)16-23(15-17-7-5-4-6-8-17)22-12-18-9-19(13-22)11-20(10-18)14-22/h4-8,18-20H,9-16H2,1-3H3. The Morgan fingerprint density at radius 3 is 1.91 bits per heavy atom. The van der Waals surface area contributed by atoms with Crippen LogP contribution in [0.3, 0.4) is 0 Å². The minimum absolute atomic E-state index is 0.373. The molecule has 0 heterocycles. The van der Waals surface area contributed by atoms with Crippen molar-refractivity contribution in [2.24, 2.45) is 23.2 Å². The Bertz CT molecular complexity index is 504.